The summed E-state index contributed by atoms with van der Waals surface area (Å²) in [6.45, 7) is 0. The zero-order valence-electron chi connectivity index (χ0n) is 8.67. The van der Waals surface area contributed by atoms with Gasteiger partial charge in [0, 0.05) is 17.9 Å². The molecule has 86 valence electrons. The molecule has 6 heteroatoms. The summed E-state index contributed by atoms with van der Waals surface area (Å²) < 4.78 is 22.9. The highest BCUT2D eigenvalue weighted by atomic mass is 32.2. The molecule has 0 aliphatic heterocycles. The van der Waals surface area contributed by atoms with E-state index in [-0.39, 0.29) is 10.6 Å². The molecule has 1 aromatic heterocycles. The van der Waals surface area contributed by atoms with E-state index in [1.807, 2.05) is 0 Å². The van der Waals surface area contributed by atoms with Crippen molar-refractivity contribution in [3.8, 4) is 0 Å². The van der Waals surface area contributed by atoms with Crippen LogP contribution in [0, 0.1) is 0 Å². The molecule has 0 bridgehead atoms. The zero-order chi connectivity index (χ0) is 11.9. The average Bonchev–Trinajstić information content (AvgIpc) is 2.98. The van der Waals surface area contributed by atoms with Gasteiger partial charge in [0.1, 0.15) is 0 Å². The second kappa shape index (κ2) is 3.55. The Hall–Kier alpha value is -1.43. The monoisotopic (exact) mass is 241 g/mol. The summed E-state index contributed by atoms with van der Waals surface area (Å²) in [4.78, 5) is 14.8. The Kier molecular flexibility index (Phi) is 2.46. The highest BCUT2D eigenvalue weighted by Gasteiger charge is 2.28. The minimum absolute atomic E-state index is 0.257. The van der Waals surface area contributed by atoms with Crippen LogP contribution in [-0.2, 0) is 9.84 Å². The van der Waals surface area contributed by atoms with E-state index in [9.17, 15) is 13.2 Å². The van der Waals surface area contributed by atoms with Crippen molar-refractivity contribution < 1.29 is 18.3 Å². The van der Waals surface area contributed by atoms with E-state index in [0.717, 1.165) is 19.1 Å². The maximum absolute atomic E-state index is 11.4. The summed E-state index contributed by atoms with van der Waals surface area (Å²) in [6.07, 6.45) is 2.95. The fourth-order valence-electron chi connectivity index (χ4n) is 1.51. The quantitative estimate of drug-likeness (QED) is 0.855. The van der Waals surface area contributed by atoms with Crippen LogP contribution in [0.2, 0.25) is 0 Å². The molecule has 0 saturated heterocycles. The van der Waals surface area contributed by atoms with Crippen molar-refractivity contribution in [1.82, 2.24) is 4.98 Å². The number of nitrogens with zero attached hydrogens (tertiary/aromatic N) is 1. The second-order valence-corrected chi connectivity index (χ2v) is 5.87. The Bertz CT molecular complexity index is 546. The molecule has 0 amide bonds. The van der Waals surface area contributed by atoms with Gasteiger partial charge in [0.2, 0.25) is 0 Å². The lowest BCUT2D eigenvalue weighted by molar-refractivity contribution is 0.0691. The normalized spacial score (nSPS) is 16.1. The topological polar surface area (TPSA) is 84.3 Å². The molecule has 1 aromatic rings. The zero-order valence-corrected chi connectivity index (χ0v) is 9.49. The lowest BCUT2D eigenvalue weighted by Gasteiger charge is -2.05. The largest absolute Gasteiger partial charge is 0.478 e. The smallest absolute Gasteiger partial charge is 0.338 e. The minimum Gasteiger partial charge on any atom is -0.478 e. The van der Waals surface area contributed by atoms with E-state index in [1.165, 1.54) is 6.07 Å². The summed E-state index contributed by atoms with van der Waals surface area (Å²) in [7, 11) is -3.60. The van der Waals surface area contributed by atoms with Crippen LogP contribution in [0.3, 0.4) is 0 Å². The van der Waals surface area contributed by atoms with Gasteiger partial charge in [-0.15, -0.1) is 0 Å². The lowest BCUT2D eigenvalue weighted by Crippen LogP contribution is -2.11. The van der Waals surface area contributed by atoms with Gasteiger partial charge in [0.05, 0.1) is 5.56 Å². The van der Waals surface area contributed by atoms with E-state index < -0.39 is 15.8 Å². The first-order valence-corrected chi connectivity index (χ1v) is 6.73. The molecule has 2 rings (SSSR count). The van der Waals surface area contributed by atoms with E-state index in [1.54, 1.807) is 6.07 Å². The van der Waals surface area contributed by atoms with Crippen LogP contribution in [0.25, 0.3) is 0 Å². The Labute approximate surface area is 93.1 Å². The van der Waals surface area contributed by atoms with Gasteiger partial charge < -0.3 is 5.11 Å². The van der Waals surface area contributed by atoms with Gasteiger partial charge in [-0.05, 0) is 25.0 Å². The standard InChI is InChI=1S/C10H11NO4S/c1-16(14,15)9-7(10(12)13)4-5-8(11-9)6-2-3-6/h4-6H,2-3H2,1H3,(H,12,13). The summed E-state index contributed by atoms with van der Waals surface area (Å²) >= 11 is 0. The predicted octanol–water partition coefficient (Wildman–Crippen LogP) is 1.06. The number of carbonyl (C=O) groups is 1. The van der Waals surface area contributed by atoms with Gasteiger partial charge in [0.25, 0.3) is 0 Å². The molecular weight excluding hydrogens is 230 g/mol. The van der Waals surface area contributed by atoms with Gasteiger partial charge in [-0.2, -0.15) is 0 Å². The third-order valence-electron chi connectivity index (χ3n) is 2.46. The van der Waals surface area contributed by atoms with E-state index in [4.69, 9.17) is 5.11 Å². The van der Waals surface area contributed by atoms with Gasteiger partial charge in [-0.25, -0.2) is 18.2 Å². The number of hydrogen-bond acceptors (Lipinski definition) is 4. The first kappa shape index (κ1) is 11.1. The highest BCUT2D eigenvalue weighted by molar-refractivity contribution is 7.90. The van der Waals surface area contributed by atoms with Crippen LogP contribution in [0.15, 0.2) is 17.2 Å². The van der Waals surface area contributed by atoms with Gasteiger partial charge in [-0.1, -0.05) is 0 Å². The lowest BCUT2D eigenvalue weighted by atomic mass is 10.2. The van der Waals surface area contributed by atoms with Crippen LogP contribution in [0.1, 0.15) is 34.8 Å². The molecule has 1 N–H and O–H groups in total. The van der Waals surface area contributed by atoms with Crippen molar-refractivity contribution in [3.05, 3.63) is 23.4 Å². The number of carboxylic acid groups (broad SMARTS) is 1. The predicted molar refractivity (Wildman–Crippen MR) is 56.3 cm³/mol. The second-order valence-electron chi connectivity index (χ2n) is 3.94. The van der Waals surface area contributed by atoms with E-state index >= 15 is 0 Å². The Morgan fingerprint density at radius 3 is 2.50 bits per heavy atom. The van der Waals surface area contributed by atoms with Crippen molar-refractivity contribution in [2.75, 3.05) is 6.26 Å². The Morgan fingerprint density at radius 1 is 1.44 bits per heavy atom. The van der Waals surface area contributed by atoms with Crippen molar-refractivity contribution in [2.45, 2.75) is 23.8 Å². The van der Waals surface area contributed by atoms with Gasteiger partial charge >= 0.3 is 5.97 Å². The SMILES string of the molecule is CS(=O)(=O)c1nc(C2CC2)ccc1C(=O)O. The molecule has 0 unspecified atom stereocenters. The number of sulfone groups is 1. The summed E-state index contributed by atoms with van der Waals surface area (Å²) in [6, 6.07) is 2.91. The third-order valence-corrected chi connectivity index (χ3v) is 3.47. The highest BCUT2D eigenvalue weighted by Crippen LogP contribution is 2.39. The van der Waals surface area contributed by atoms with Crippen LogP contribution in [0.5, 0.6) is 0 Å². The molecule has 1 heterocycles. The fourth-order valence-corrected chi connectivity index (χ4v) is 2.33. The van der Waals surface area contributed by atoms with Crippen LogP contribution < -0.4 is 0 Å². The molecule has 1 saturated carbocycles. The maximum atomic E-state index is 11.4. The summed E-state index contributed by atoms with van der Waals surface area (Å²) in [5.41, 5.74) is 0.414. The fraction of sp³-hybridized carbons (Fsp3) is 0.400. The van der Waals surface area contributed by atoms with Crippen LogP contribution in [-0.4, -0.2) is 30.7 Å². The summed E-state index contributed by atoms with van der Waals surface area (Å²) in [5, 5.41) is 8.54. The number of aromatic carboxylic acids is 1. The number of hydrogen-bond donors (Lipinski definition) is 1. The number of pyridine rings is 1. The Balaban J connectivity index is 2.59. The molecule has 5 nitrogen and oxygen atoms in total. The van der Waals surface area contributed by atoms with Gasteiger partial charge in [0.15, 0.2) is 14.9 Å². The average molecular weight is 241 g/mol. The first-order valence-electron chi connectivity index (χ1n) is 4.84. The van der Waals surface area contributed by atoms with Gasteiger partial charge in [-0.3, -0.25) is 0 Å². The van der Waals surface area contributed by atoms with Crippen molar-refractivity contribution in [3.63, 3.8) is 0 Å². The summed E-state index contributed by atoms with van der Waals surface area (Å²) in [5.74, 6) is -0.974. The third kappa shape index (κ3) is 2.06. The number of rotatable bonds is 3. The Morgan fingerprint density at radius 2 is 2.06 bits per heavy atom. The maximum Gasteiger partial charge on any atom is 0.338 e. The van der Waals surface area contributed by atoms with Crippen molar-refractivity contribution >= 4 is 15.8 Å². The molecule has 1 aliphatic rings. The van der Waals surface area contributed by atoms with Crippen LogP contribution >= 0.6 is 0 Å². The molecule has 16 heavy (non-hydrogen) atoms. The van der Waals surface area contributed by atoms with Crippen molar-refractivity contribution in [2.24, 2.45) is 0 Å². The number of carboxylic acids is 1. The van der Waals surface area contributed by atoms with E-state index in [0.29, 0.717) is 11.6 Å². The molecule has 0 atom stereocenters. The molecule has 1 aliphatic carbocycles. The van der Waals surface area contributed by atoms with Crippen LogP contribution in [0.4, 0.5) is 0 Å². The molecule has 0 aromatic carbocycles. The molecule has 0 spiro atoms. The molecular formula is C10H11NO4S. The van der Waals surface area contributed by atoms with E-state index in [2.05, 4.69) is 4.98 Å². The molecule has 1 fully saturated rings. The number of aromatic nitrogens is 1. The van der Waals surface area contributed by atoms with Crippen molar-refractivity contribution in [1.29, 1.82) is 0 Å². The first-order chi connectivity index (χ1) is 7.39. The molecule has 0 radical (unpaired) electrons. The minimum atomic E-state index is -3.60.